The number of hydrogen-bond acceptors (Lipinski definition) is 2. The molecule has 0 heterocycles. The van der Waals surface area contributed by atoms with Crippen molar-refractivity contribution < 1.29 is 15.0 Å². The summed E-state index contributed by atoms with van der Waals surface area (Å²) in [7, 11) is 0. The van der Waals surface area contributed by atoms with E-state index in [1.54, 1.807) is 0 Å². The quantitative estimate of drug-likeness (QED) is 0.780. The molecule has 0 aromatic rings. The first-order chi connectivity index (χ1) is 7.10. The van der Waals surface area contributed by atoms with Crippen LogP contribution in [0.2, 0.25) is 0 Å². The van der Waals surface area contributed by atoms with Gasteiger partial charge in [-0.05, 0) is 30.1 Å². The fourth-order valence-electron chi connectivity index (χ4n) is 3.51. The van der Waals surface area contributed by atoms with E-state index < -0.39 is 17.5 Å². The highest BCUT2D eigenvalue weighted by Crippen LogP contribution is 2.52. The van der Waals surface area contributed by atoms with E-state index in [2.05, 4.69) is 13.8 Å². The molecule has 3 atom stereocenters. The van der Waals surface area contributed by atoms with Gasteiger partial charge in [-0.1, -0.05) is 34.6 Å². The lowest BCUT2D eigenvalue weighted by molar-refractivity contribution is -0.159. The van der Waals surface area contributed by atoms with Crippen molar-refractivity contribution in [2.45, 2.75) is 53.1 Å². The van der Waals surface area contributed by atoms with Gasteiger partial charge in [0, 0.05) is 0 Å². The first-order valence-electron chi connectivity index (χ1n) is 6.05. The zero-order valence-electron chi connectivity index (χ0n) is 10.9. The minimum absolute atomic E-state index is 0.0384. The molecule has 0 aromatic carbocycles. The lowest BCUT2D eigenvalue weighted by Gasteiger charge is -2.36. The fraction of sp³-hybridized carbons (Fsp3) is 0.923. The summed E-state index contributed by atoms with van der Waals surface area (Å²) in [6.45, 7) is 9.90. The average Bonchev–Trinajstić information content (AvgIpc) is 2.17. The molecule has 0 aliphatic heterocycles. The van der Waals surface area contributed by atoms with Gasteiger partial charge in [0.1, 0.15) is 0 Å². The summed E-state index contributed by atoms with van der Waals surface area (Å²) in [6.07, 6.45) is 1.47. The summed E-state index contributed by atoms with van der Waals surface area (Å²) in [5.74, 6) is -1.53. The van der Waals surface area contributed by atoms with Crippen LogP contribution in [0.1, 0.15) is 47.5 Å². The van der Waals surface area contributed by atoms with E-state index in [1.165, 1.54) is 0 Å². The van der Waals surface area contributed by atoms with E-state index >= 15 is 0 Å². The molecule has 0 aromatic heterocycles. The number of carboxylic acids is 1. The molecular formula is C13H24O3. The van der Waals surface area contributed by atoms with Crippen molar-refractivity contribution in [2.75, 3.05) is 0 Å². The molecule has 1 fully saturated rings. The number of hydrogen-bond donors (Lipinski definition) is 2. The van der Waals surface area contributed by atoms with Gasteiger partial charge in [-0.15, -0.1) is 0 Å². The van der Waals surface area contributed by atoms with Crippen LogP contribution in [0, 0.1) is 23.2 Å². The first kappa shape index (κ1) is 13.5. The van der Waals surface area contributed by atoms with Gasteiger partial charge in [-0.2, -0.15) is 0 Å². The molecule has 1 aliphatic rings. The Bertz CT molecular complexity index is 283. The van der Waals surface area contributed by atoms with Crippen molar-refractivity contribution in [3.05, 3.63) is 0 Å². The van der Waals surface area contributed by atoms with Crippen LogP contribution in [0.15, 0.2) is 0 Å². The Morgan fingerprint density at radius 1 is 1.38 bits per heavy atom. The summed E-state index contributed by atoms with van der Waals surface area (Å²) in [5.41, 5.74) is -1.01. The molecule has 0 saturated heterocycles. The van der Waals surface area contributed by atoms with E-state index in [4.69, 9.17) is 0 Å². The Morgan fingerprint density at radius 3 is 2.12 bits per heavy atom. The van der Waals surface area contributed by atoms with E-state index in [1.807, 2.05) is 20.8 Å². The molecule has 2 N–H and O–H groups in total. The van der Waals surface area contributed by atoms with Crippen molar-refractivity contribution in [3.63, 3.8) is 0 Å². The van der Waals surface area contributed by atoms with Gasteiger partial charge < -0.3 is 10.2 Å². The number of carbonyl (C=O) groups is 1. The molecule has 0 spiro atoms. The predicted octanol–water partition coefficient (Wildman–Crippen LogP) is 2.53. The number of rotatable bonds is 3. The third kappa shape index (κ3) is 2.24. The molecule has 0 amide bonds. The maximum Gasteiger partial charge on any atom is 0.309 e. The number of carboxylic acid groups (broad SMARTS) is 1. The molecular weight excluding hydrogens is 204 g/mol. The molecule has 3 nitrogen and oxygen atoms in total. The number of aliphatic carboxylic acids is 1. The van der Waals surface area contributed by atoms with Gasteiger partial charge in [0.2, 0.25) is 0 Å². The van der Waals surface area contributed by atoms with Crippen molar-refractivity contribution in [2.24, 2.45) is 23.2 Å². The third-order valence-corrected chi connectivity index (χ3v) is 3.95. The average molecular weight is 228 g/mol. The fourth-order valence-corrected chi connectivity index (χ4v) is 3.51. The molecule has 3 heteroatoms. The summed E-state index contributed by atoms with van der Waals surface area (Å²) >= 11 is 0. The molecule has 16 heavy (non-hydrogen) atoms. The zero-order chi connectivity index (χ0) is 12.7. The maximum absolute atomic E-state index is 11.3. The predicted molar refractivity (Wildman–Crippen MR) is 63.1 cm³/mol. The summed E-state index contributed by atoms with van der Waals surface area (Å²) in [5, 5.41) is 20.0. The lowest BCUT2D eigenvalue weighted by Crippen LogP contribution is -2.47. The first-order valence-corrected chi connectivity index (χ1v) is 6.05. The maximum atomic E-state index is 11.3. The second-order valence-electron chi connectivity index (χ2n) is 6.50. The van der Waals surface area contributed by atoms with Crippen LogP contribution in [0.25, 0.3) is 0 Å². The van der Waals surface area contributed by atoms with Crippen LogP contribution in [0.5, 0.6) is 0 Å². The number of aliphatic hydroxyl groups is 1. The second-order valence-corrected chi connectivity index (χ2v) is 6.50. The largest absolute Gasteiger partial charge is 0.481 e. The van der Waals surface area contributed by atoms with Crippen LogP contribution in [0.3, 0.4) is 0 Å². The Balaban J connectivity index is 3.04. The van der Waals surface area contributed by atoms with E-state index in [-0.39, 0.29) is 17.3 Å². The highest BCUT2D eigenvalue weighted by molar-refractivity contribution is 5.72. The minimum atomic E-state index is -1.05. The Hall–Kier alpha value is -0.570. The van der Waals surface area contributed by atoms with Crippen molar-refractivity contribution >= 4 is 5.97 Å². The topological polar surface area (TPSA) is 57.5 Å². The van der Waals surface area contributed by atoms with Gasteiger partial charge >= 0.3 is 5.97 Å². The van der Waals surface area contributed by atoms with Gasteiger partial charge in [-0.25, -0.2) is 0 Å². The van der Waals surface area contributed by atoms with Crippen LogP contribution in [-0.4, -0.2) is 21.8 Å². The molecule has 1 saturated carbocycles. The minimum Gasteiger partial charge on any atom is -0.481 e. The zero-order valence-corrected chi connectivity index (χ0v) is 10.9. The molecule has 1 aliphatic carbocycles. The van der Waals surface area contributed by atoms with E-state index in [9.17, 15) is 15.0 Å². The smallest absolute Gasteiger partial charge is 0.309 e. The molecule has 94 valence electrons. The van der Waals surface area contributed by atoms with Crippen molar-refractivity contribution in [1.82, 2.24) is 0 Å². The van der Waals surface area contributed by atoms with Crippen LogP contribution in [0.4, 0.5) is 0 Å². The standard InChI is InChI=1S/C13H24O3/c1-8(2)10(11(14)15)13(16)7-12(4,5)6-9(13)3/h8-10,16H,6-7H2,1-5H3,(H,14,15). The highest BCUT2D eigenvalue weighted by atomic mass is 16.4. The van der Waals surface area contributed by atoms with Crippen molar-refractivity contribution in [3.8, 4) is 0 Å². The van der Waals surface area contributed by atoms with Crippen LogP contribution in [-0.2, 0) is 4.79 Å². The molecule has 0 radical (unpaired) electrons. The van der Waals surface area contributed by atoms with E-state index in [0.29, 0.717) is 6.42 Å². The molecule has 1 rings (SSSR count). The third-order valence-electron chi connectivity index (χ3n) is 3.95. The normalized spacial score (nSPS) is 35.3. The van der Waals surface area contributed by atoms with Gasteiger partial charge in [0.05, 0.1) is 11.5 Å². The molecule has 3 unspecified atom stereocenters. The van der Waals surface area contributed by atoms with Crippen LogP contribution < -0.4 is 0 Å². The van der Waals surface area contributed by atoms with Gasteiger partial charge in [0.25, 0.3) is 0 Å². The van der Waals surface area contributed by atoms with Crippen LogP contribution >= 0.6 is 0 Å². The van der Waals surface area contributed by atoms with Gasteiger partial charge in [0.15, 0.2) is 0 Å². The Morgan fingerprint density at radius 2 is 1.88 bits per heavy atom. The highest BCUT2D eigenvalue weighted by Gasteiger charge is 2.55. The SMILES string of the molecule is CC(C)C(C(=O)O)C1(O)CC(C)(C)CC1C. The second kappa shape index (κ2) is 4.02. The summed E-state index contributed by atoms with van der Waals surface area (Å²) < 4.78 is 0. The Labute approximate surface area is 97.9 Å². The van der Waals surface area contributed by atoms with E-state index in [0.717, 1.165) is 6.42 Å². The van der Waals surface area contributed by atoms with Crippen molar-refractivity contribution in [1.29, 1.82) is 0 Å². The lowest BCUT2D eigenvalue weighted by atomic mass is 9.73. The molecule has 0 bridgehead atoms. The summed E-state index contributed by atoms with van der Waals surface area (Å²) in [4.78, 5) is 11.3. The summed E-state index contributed by atoms with van der Waals surface area (Å²) in [6, 6.07) is 0. The monoisotopic (exact) mass is 228 g/mol. The van der Waals surface area contributed by atoms with Gasteiger partial charge in [-0.3, -0.25) is 4.79 Å². The Kier molecular flexibility index (Phi) is 3.39.